The first-order chi connectivity index (χ1) is 5.35. The predicted molar refractivity (Wildman–Crippen MR) is 51.5 cm³/mol. The van der Waals surface area contributed by atoms with E-state index in [-0.39, 0.29) is 14.1 Å². The Balaban J connectivity index is 0. The normalized spacial score (nSPS) is 10.2. The van der Waals surface area contributed by atoms with E-state index in [1.807, 2.05) is 0 Å². The first kappa shape index (κ1) is 15.1. The van der Waals surface area contributed by atoms with Crippen LogP contribution in [0.1, 0.15) is 20.8 Å². The van der Waals surface area contributed by atoms with Gasteiger partial charge in [0.2, 0.25) is 0 Å². The Labute approximate surface area is 78.3 Å². The van der Waals surface area contributed by atoms with Crippen molar-refractivity contribution in [2.45, 2.75) is 36.6 Å². The van der Waals surface area contributed by atoms with E-state index in [1.54, 1.807) is 0 Å². The Hall–Kier alpha value is 0.642. The lowest BCUT2D eigenvalue weighted by molar-refractivity contribution is 0.275. The Morgan fingerprint density at radius 1 is 1.00 bits per heavy atom. The molecule has 0 saturated heterocycles. The van der Waals surface area contributed by atoms with Crippen molar-refractivity contribution in [1.82, 2.24) is 0 Å². The van der Waals surface area contributed by atoms with Gasteiger partial charge < -0.3 is 14.7 Å². The minimum absolute atomic E-state index is 0.171. The van der Waals surface area contributed by atoms with Crippen LogP contribution in [0, 0.1) is 0 Å². The summed E-state index contributed by atoms with van der Waals surface area (Å²) in [6.45, 7) is 6.97. The quantitative estimate of drug-likeness (QED) is 0.490. The molecule has 0 fully saturated rings. The van der Waals surface area contributed by atoms with Crippen LogP contribution in [0.4, 0.5) is 0 Å². The molecule has 0 rings (SSSR count). The van der Waals surface area contributed by atoms with Crippen LogP contribution in [0.15, 0.2) is 0 Å². The number of hydrogen-bond donors (Lipinski definition) is 3. The van der Waals surface area contributed by atoms with Crippen molar-refractivity contribution >= 4 is 22.0 Å². The Bertz CT molecular complexity index is 118. The van der Waals surface area contributed by atoms with E-state index >= 15 is 0 Å². The van der Waals surface area contributed by atoms with Crippen LogP contribution in [0.3, 0.4) is 0 Å². The second-order valence-electron chi connectivity index (χ2n) is 2.60. The lowest BCUT2D eigenvalue weighted by atomic mass is 10.9. The van der Waals surface area contributed by atoms with Gasteiger partial charge in [-0.05, 0) is 0 Å². The zero-order valence-corrected chi connectivity index (χ0v) is 9.94. The van der Waals surface area contributed by atoms with Crippen molar-refractivity contribution < 1.29 is 19.2 Å². The first-order valence-corrected chi connectivity index (χ1v) is 8.14. The molecule has 0 spiro atoms. The lowest BCUT2D eigenvalue weighted by Gasteiger charge is -1.97. The highest BCUT2D eigenvalue weighted by Gasteiger charge is 2.05. The van der Waals surface area contributed by atoms with Gasteiger partial charge in [0, 0.05) is 0 Å². The molecule has 0 bridgehead atoms. The fourth-order valence-corrected chi connectivity index (χ4v) is 2.60. The molecule has 0 radical (unpaired) electrons. The maximum absolute atomic E-state index is 8.88. The minimum Gasteiger partial charge on any atom is -0.303 e. The SMILES string of the molecule is C[CH2][Al]([CH2]C)[CH2]C.O=P(O)(O)O. The van der Waals surface area contributed by atoms with Crippen molar-refractivity contribution in [3.8, 4) is 0 Å². The summed E-state index contributed by atoms with van der Waals surface area (Å²) in [6.07, 6.45) is 0. The third-order valence-corrected chi connectivity index (χ3v) is 5.20. The van der Waals surface area contributed by atoms with E-state index in [4.69, 9.17) is 19.2 Å². The molecular formula is C6H18AlO4P. The minimum atomic E-state index is -4.64. The van der Waals surface area contributed by atoms with Crippen LogP contribution in [-0.4, -0.2) is 28.8 Å². The van der Waals surface area contributed by atoms with Gasteiger partial charge >= 0.3 is 7.82 Å². The monoisotopic (exact) mass is 212 g/mol. The highest BCUT2D eigenvalue weighted by atomic mass is 31.2. The summed E-state index contributed by atoms with van der Waals surface area (Å²) < 4.78 is 8.88. The van der Waals surface area contributed by atoms with Gasteiger partial charge in [0.15, 0.2) is 0 Å². The molecule has 0 aromatic heterocycles. The maximum Gasteiger partial charge on any atom is 0.466 e. The van der Waals surface area contributed by atoms with Gasteiger partial charge in [0.1, 0.15) is 0 Å². The Kier molecular flexibility index (Phi) is 10.4. The molecule has 0 atom stereocenters. The molecule has 0 aromatic carbocycles. The molecule has 0 unspecified atom stereocenters. The van der Waals surface area contributed by atoms with E-state index in [9.17, 15) is 0 Å². The average molecular weight is 212 g/mol. The van der Waals surface area contributed by atoms with Gasteiger partial charge in [-0.25, -0.2) is 4.57 Å². The van der Waals surface area contributed by atoms with Gasteiger partial charge in [-0.15, -0.1) is 0 Å². The van der Waals surface area contributed by atoms with Crippen LogP contribution in [-0.2, 0) is 4.57 Å². The average Bonchev–Trinajstić information content (AvgIpc) is 1.88. The van der Waals surface area contributed by atoms with Crippen molar-refractivity contribution in [3.63, 3.8) is 0 Å². The van der Waals surface area contributed by atoms with Gasteiger partial charge in [-0.2, -0.15) is 0 Å². The van der Waals surface area contributed by atoms with E-state index < -0.39 is 7.82 Å². The second kappa shape index (κ2) is 8.25. The smallest absolute Gasteiger partial charge is 0.303 e. The molecule has 12 heavy (non-hydrogen) atoms. The van der Waals surface area contributed by atoms with E-state index in [2.05, 4.69) is 20.8 Å². The molecule has 0 aliphatic carbocycles. The number of hydrogen-bond acceptors (Lipinski definition) is 1. The van der Waals surface area contributed by atoms with Gasteiger partial charge in [0.25, 0.3) is 14.1 Å². The molecule has 74 valence electrons. The van der Waals surface area contributed by atoms with Crippen molar-refractivity contribution in [2.75, 3.05) is 0 Å². The largest absolute Gasteiger partial charge is 0.466 e. The fraction of sp³-hybridized carbons (Fsp3) is 1.00. The molecule has 0 aliphatic rings. The molecule has 4 nitrogen and oxygen atoms in total. The summed E-state index contributed by atoms with van der Waals surface area (Å²) in [5.41, 5.74) is 0. The van der Waals surface area contributed by atoms with Crippen LogP contribution in [0.25, 0.3) is 0 Å². The molecule has 0 aliphatic heterocycles. The van der Waals surface area contributed by atoms with Crippen LogP contribution in [0.5, 0.6) is 0 Å². The summed E-state index contributed by atoms with van der Waals surface area (Å²) in [6, 6.07) is 0. The van der Waals surface area contributed by atoms with E-state index in [0.717, 1.165) is 0 Å². The molecule has 3 N–H and O–H groups in total. The van der Waals surface area contributed by atoms with Crippen LogP contribution >= 0.6 is 7.82 Å². The van der Waals surface area contributed by atoms with E-state index in [0.29, 0.717) is 0 Å². The summed E-state index contributed by atoms with van der Waals surface area (Å²) in [5.74, 6) is 0. The second-order valence-corrected chi connectivity index (χ2v) is 7.81. The summed E-state index contributed by atoms with van der Waals surface area (Å²) >= 11 is -0.171. The zero-order valence-electron chi connectivity index (χ0n) is 7.90. The summed E-state index contributed by atoms with van der Waals surface area (Å²) in [5, 5.41) is 4.48. The van der Waals surface area contributed by atoms with Crippen molar-refractivity contribution in [3.05, 3.63) is 0 Å². The number of phosphoric acid groups is 1. The zero-order chi connectivity index (χ0) is 10.2. The molecule has 0 saturated carbocycles. The fourth-order valence-electron chi connectivity index (χ4n) is 0.866. The standard InChI is InChI=1S/3C2H5.Al.H3O4P/c3*1-2;;1-5(2,3)4/h3*1H2,2H3;;(H3,1,2,3,4). The third kappa shape index (κ3) is 22.4. The number of rotatable bonds is 3. The molecular weight excluding hydrogens is 194 g/mol. The third-order valence-electron chi connectivity index (χ3n) is 1.73. The van der Waals surface area contributed by atoms with Crippen molar-refractivity contribution in [2.24, 2.45) is 0 Å². The topological polar surface area (TPSA) is 77.8 Å². The summed E-state index contributed by atoms with van der Waals surface area (Å²) in [7, 11) is -4.64. The molecule has 6 heteroatoms. The highest BCUT2D eigenvalue weighted by Crippen LogP contribution is 2.25. The van der Waals surface area contributed by atoms with Gasteiger partial charge in [0.05, 0.1) is 0 Å². The Morgan fingerprint density at radius 2 is 1.17 bits per heavy atom. The lowest BCUT2D eigenvalue weighted by Crippen LogP contribution is -2.04. The molecule has 0 amide bonds. The van der Waals surface area contributed by atoms with Crippen molar-refractivity contribution in [1.29, 1.82) is 0 Å². The maximum atomic E-state index is 8.88. The van der Waals surface area contributed by atoms with E-state index in [1.165, 1.54) is 15.8 Å². The Morgan fingerprint density at radius 3 is 1.17 bits per heavy atom. The van der Waals surface area contributed by atoms with Crippen LogP contribution in [0.2, 0.25) is 15.8 Å². The van der Waals surface area contributed by atoms with Gasteiger partial charge in [-0.3, -0.25) is 0 Å². The molecule has 0 aromatic rings. The predicted octanol–water partition coefficient (Wildman–Crippen LogP) is 1.61. The van der Waals surface area contributed by atoms with Crippen LogP contribution < -0.4 is 0 Å². The highest BCUT2D eigenvalue weighted by molar-refractivity contribution is 7.45. The first-order valence-electron chi connectivity index (χ1n) is 4.13. The summed E-state index contributed by atoms with van der Waals surface area (Å²) in [4.78, 5) is 21.6. The molecule has 0 heterocycles. The van der Waals surface area contributed by atoms with Gasteiger partial charge in [-0.1, -0.05) is 36.6 Å².